The number of nitrogens with one attached hydrogen (secondary N) is 1. The number of aryl methyl sites for hydroxylation is 2. The SMILES string of the molecule is CC(=NNC(=O)c1ccc(C(C)C)cc1)c1ccc(C)cc1C. The molecule has 0 heterocycles. The first-order valence-corrected chi connectivity index (χ1v) is 7.90. The fraction of sp³-hybridized carbons (Fsp3) is 0.300. The van der Waals surface area contributed by atoms with Gasteiger partial charge in [-0.15, -0.1) is 0 Å². The number of carbonyl (C=O) groups excluding carboxylic acids is 1. The molecule has 3 nitrogen and oxygen atoms in total. The quantitative estimate of drug-likeness (QED) is 0.652. The Kier molecular flexibility index (Phi) is 5.32. The van der Waals surface area contributed by atoms with Crippen molar-refractivity contribution in [2.24, 2.45) is 5.10 Å². The highest BCUT2D eigenvalue weighted by molar-refractivity contribution is 6.01. The molecule has 0 unspecified atom stereocenters. The minimum atomic E-state index is -0.190. The van der Waals surface area contributed by atoms with Crippen molar-refractivity contribution in [3.8, 4) is 0 Å². The van der Waals surface area contributed by atoms with E-state index in [9.17, 15) is 4.79 Å². The summed E-state index contributed by atoms with van der Waals surface area (Å²) in [6.45, 7) is 10.3. The van der Waals surface area contributed by atoms with Gasteiger partial charge in [-0.05, 0) is 49.9 Å². The predicted octanol–water partition coefficient (Wildman–Crippen LogP) is 4.58. The van der Waals surface area contributed by atoms with Gasteiger partial charge in [-0.2, -0.15) is 5.10 Å². The third-order valence-electron chi connectivity index (χ3n) is 3.94. The Labute approximate surface area is 138 Å². The van der Waals surface area contributed by atoms with Crippen LogP contribution in [0.25, 0.3) is 0 Å². The molecule has 0 aliphatic rings. The van der Waals surface area contributed by atoms with E-state index >= 15 is 0 Å². The molecule has 0 spiro atoms. The summed E-state index contributed by atoms with van der Waals surface area (Å²) in [5, 5.41) is 4.24. The van der Waals surface area contributed by atoms with Crippen LogP contribution in [0.2, 0.25) is 0 Å². The number of nitrogens with zero attached hydrogens (tertiary/aromatic N) is 1. The molecule has 3 heteroatoms. The van der Waals surface area contributed by atoms with E-state index in [0.717, 1.165) is 16.8 Å². The Morgan fingerprint density at radius 3 is 2.26 bits per heavy atom. The molecule has 0 saturated heterocycles. The smallest absolute Gasteiger partial charge is 0.267 e. The fourth-order valence-electron chi connectivity index (χ4n) is 2.50. The molecule has 23 heavy (non-hydrogen) atoms. The Morgan fingerprint density at radius 1 is 1.04 bits per heavy atom. The van der Waals surface area contributed by atoms with Crippen LogP contribution in [0.3, 0.4) is 0 Å². The molecule has 1 amide bonds. The van der Waals surface area contributed by atoms with Gasteiger partial charge in [0.15, 0.2) is 0 Å². The average Bonchev–Trinajstić information content (AvgIpc) is 2.52. The zero-order valence-corrected chi connectivity index (χ0v) is 14.5. The van der Waals surface area contributed by atoms with E-state index in [1.165, 1.54) is 11.1 Å². The maximum Gasteiger partial charge on any atom is 0.271 e. The monoisotopic (exact) mass is 308 g/mol. The molecule has 2 rings (SSSR count). The Bertz CT molecular complexity index is 728. The van der Waals surface area contributed by atoms with E-state index in [-0.39, 0.29) is 5.91 Å². The minimum absolute atomic E-state index is 0.190. The number of hydrogen-bond acceptors (Lipinski definition) is 2. The first kappa shape index (κ1) is 16.9. The summed E-state index contributed by atoms with van der Waals surface area (Å²) in [5.74, 6) is 0.265. The second-order valence-corrected chi connectivity index (χ2v) is 6.23. The van der Waals surface area contributed by atoms with Gasteiger partial charge >= 0.3 is 0 Å². The van der Waals surface area contributed by atoms with Crippen LogP contribution in [0.5, 0.6) is 0 Å². The molecule has 120 valence electrons. The molecule has 0 aromatic heterocycles. The number of benzene rings is 2. The highest BCUT2D eigenvalue weighted by Crippen LogP contribution is 2.15. The van der Waals surface area contributed by atoms with E-state index in [2.05, 4.69) is 37.4 Å². The summed E-state index contributed by atoms with van der Waals surface area (Å²) in [7, 11) is 0. The molecule has 0 bridgehead atoms. The van der Waals surface area contributed by atoms with Crippen LogP contribution in [-0.4, -0.2) is 11.6 Å². The molecular formula is C20H24N2O. The molecule has 2 aromatic rings. The molecule has 1 N–H and O–H groups in total. The zero-order chi connectivity index (χ0) is 17.0. The number of hydrazone groups is 1. The Hall–Kier alpha value is -2.42. The van der Waals surface area contributed by atoms with Crippen LogP contribution in [0.15, 0.2) is 47.6 Å². The summed E-state index contributed by atoms with van der Waals surface area (Å²) in [4.78, 5) is 12.2. The van der Waals surface area contributed by atoms with Crippen molar-refractivity contribution in [2.75, 3.05) is 0 Å². The van der Waals surface area contributed by atoms with Gasteiger partial charge in [0.1, 0.15) is 0 Å². The lowest BCUT2D eigenvalue weighted by atomic mass is 10.0. The van der Waals surface area contributed by atoms with Crippen molar-refractivity contribution in [3.63, 3.8) is 0 Å². The number of amides is 1. The lowest BCUT2D eigenvalue weighted by Gasteiger charge is -2.08. The van der Waals surface area contributed by atoms with Crippen LogP contribution in [0, 0.1) is 13.8 Å². The Morgan fingerprint density at radius 2 is 1.70 bits per heavy atom. The highest BCUT2D eigenvalue weighted by atomic mass is 16.2. The van der Waals surface area contributed by atoms with Crippen molar-refractivity contribution in [3.05, 3.63) is 70.3 Å². The van der Waals surface area contributed by atoms with Crippen LogP contribution in [-0.2, 0) is 0 Å². The first-order valence-electron chi connectivity index (χ1n) is 7.90. The molecule has 2 aromatic carbocycles. The van der Waals surface area contributed by atoms with Gasteiger partial charge in [-0.3, -0.25) is 4.79 Å². The molecule has 0 atom stereocenters. The summed E-state index contributed by atoms with van der Waals surface area (Å²) >= 11 is 0. The largest absolute Gasteiger partial charge is 0.271 e. The fourth-order valence-corrected chi connectivity index (χ4v) is 2.50. The van der Waals surface area contributed by atoms with Gasteiger partial charge in [0.2, 0.25) is 0 Å². The Balaban J connectivity index is 2.10. The van der Waals surface area contributed by atoms with Crippen molar-refractivity contribution < 1.29 is 4.79 Å². The van der Waals surface area contributed by atoms with Crippen LogP contribution >= 0.6 is 0 Å². The maximum atomic E-state index is 12.2. The molecule has 0 aliphatic heterocycles. The average molecular weight is 308 g/mol. The van der Waals surface area contributed by atoms with Crippen LogP contribution < -0.4 is 5.43 Å². The van der Waals surface area contributed by atoms with Gasteiger partial charge in [0, 0.05) is 11.1 Å². The molecule has 0 aliphatic carbocycles. The van der Waals surface area contributed by atoms with Crippen molar-refractivity contribution in [1.82, 2.24) is 5.43 Å². The summed E-state index contributed by atoms with van der Waals surface area (Å²) in [5.41, 5.74) is 8.69. The van der Waals surface area contributed by atoms with E-state index in [4.69, 9.17) is 0 Å². The van der Waals surface area contributed by atoms with Crippen molar-refractivity contribution >= 4 is 11.6 Å². The van der Waals surface area contributed by atoms with E-state index in [1.807, 2.05) is 50.2 Å². The maximum absolute atomic E-state index is 12.2. The number of rotatable bonds is 4. The van der Waals surface area contributed by atoms with Gasteiger partial charge < -0.3 is 0 Å². The minimum Gasteiger partial charge on any atom is -0.267 e. The zero-order valence-electron chi connectivity index (χ0n) is 14.5. The van der Waals surface area contributed by atoms with Gasteiger partial charge in [-0.25, -0.2) is 5.43 Å². The first-order chi connectivity index (χ1) is 10.9. The summed E-state index contributed by atoms with van der Waals surface area (Å²) < 4.78 is 0. The highest BCUT2D eigenvalue weighted by Gasteiger charge is 2.07. The molecule has 0 saturated carbocycles. The van der Waals surface area contributed by atoms with Gasteiger partial charge in [0.25, 0.3) is 5.91 Å². The lowest BCUT2D eigenvalue weighted by molar-refractivity contribution is 0.0955. The normalized spacial score (nSPS) is 11.7. The van der Waals surface area contributed by atoms with E-state index < -0.39 is 0 Å². The second-order valence-electron chi connectivity index (χ2n) is 6.23. The topological polar surface area (TPSA) is 41.5 Å². The third-order valence-corrected chi connectivity index (χ3v) is 3.94. The predicted molar refractivity (Wildman–Crippen MR) is 96.1 cm³/mol. The third kappa shape index (κ3) is 4.28. The molecule has 0 radical (unpaired) electrons. The second kappa shape index (κ2) is 7.23. The molecular weight excluding hydrogens is 284 g/mol. The number of hydrogen-bond donors (Lipinski definition) is 1. The van der Waals surface area contributed by atoms with Crippen molar-refractivity contribution in [2.45, 2.75) is 40.5 Å². The number of carbonyl (C=O) groups is 1. The van der Waals surface area contributed by atoms with E-state index in [1.54, 1.807) is 0 Å². The molecule has 0 fully saturated rings. The summed E-state index contributed by atoms with van der Waals surface area (Å²) in [6.07, 6.45) is 0. The standard InChI is InChI=1S/C20H24N2O/c1-13(2)17-7-9-18(10-8-17)20(23)22-21-16(5)19-11-6-14(3)12-15(19)4/h6-13H,1-5H3,(H,22,23). The van der Waals surface area contributed by atoms with E-state index in [0.29, 0.717) is 11.5 Å². The lowest BCUT2D eigenvalue weighted by Crippen LogP contribution is -2.19. The van der Waals surface area contributed by atoms with Crippen LogP contribution in [0.4, 0.5) is 0 Å². The van der Waals surface area contributed by atoms with Gasteiger partial charge in [0.05, 0.1) is 5.71 Å². The van der Waals surface area contributed by atoms with Crippen molar-refractivity contribution in [1.29, 1.82) is 0 Å². The summed E-state index contributed by atoms with van der Waals surface area (Å²) in [6, 6.07) is 13.8. The van der Waals surface area contributed by atoms with Gasteiger partial charge in [-0.1, -0.05) is 49.7 Å². The van der Waals surface area contributed by atoms with Crippen LogP contribution in [0.1, 0.15) is 59.3 Å².